The number of aromatic nitrogens is 4. The van der Waals surface area contributed by atoms with E-state index in [-0.39, 0.29) is 6.61 Å². The van der Waals surface area contributed by atoms with Crippen LogP contribution in [0.4, 0.5) is 4.79 Å². The fourth-order valence-electron chi connectivity index (χ4n) is 3.36. The smallest absolute Gasteiger partial charge is 0.386 e. The molecule has 2 aromatic rings. The highest BCUT2D eigenvalue weighted by molar-refractivity contribution is 7.63. The van der Waals surface area contributed by atoms with Crippen molar-refractivity contribution in [1.29, 1.82) is 0 Å². The molecule has 15 nitrogen and oxygen atoms in total. The molecule has 0 amide bonds. The number of nitrogens with one attached hydrogen (secondary N) is 2. The van der Waals surface area contributed by atoms with E-state index >= 15 is 0 Å². The summed E-state index contributed by atoms with van der Waals surface area (Å²) in [6, 6.07) is 2.41. The van der Waals surface area contributed by atoms with E-state index in [9.17, 15) is 24.0 Å². The largest absolute Gasteiger partial charge is 0.425 e. The number of ether oxygens (including phenoxy) is 3. The number of carbonyl (C=O) groups excluding carboxylic acids is 1. The summed E-state index contributed by atoms with van der Waals surface area (Å²) in [6.45, 7) is 3.31. The Hall–Kier alpha value is -3.46. The third kappa shape index (κ3) is 6.40. The second kappa shape index (κ2) is 11.5. The van der Waals surface area contributed by atoms with Gasteiger partial charge >= 0.3 is 17.1 Å². The molecule has 0 radical (unpaired) electrons. The minimum absolute atomic E-state index is 0.133. The molecular weight excluding hydrogens is 503 g/mol. The molecule has 16 heteroatoms. The number of hydrogen-bond acceptors (Lipinski definition) is 11. The maximum Gasteiger partial charge on any atom is 0.386 e. The first-order chi connectivity index (χ1) is 17.0. The van der Waals surface area contributed by atoms with Crippen LogP contribution < -0.4 is 22.5 Å². The van der Waals surface area contributed by atoms with Crippen molar-refractivity contribution in [3.8, 4) is 0 Å². The molecule has 5 N–H and O–H groups in total. The third-order valence-electron chi connectivity index (χ3n) is 4.96. The fourth-order valence-corrected chi connectivity index (χ4v) is 3.55. The molecule has 2 aliphatic heterocycles. The van der Waals surface area contributed by atoms with Crippen LogP contribution >= 0.6 is 8.38 Å². The summed E-state index contributed by atoms with van der Waals surface area (Å²) < 4.78 is 17.8. The predicted octanol–water partition coefficient (Wildman–Crippen LogP) is -0.856. The van der Waals surface area contributed by atoms with Gasteiger partial charge in [0.15, 0.2) is 12.5 Å². The van der Waals surface area contributed by atoms with Crippen LogP contribution in [-0.2, 0) is 14.2 Å². The molecule has 0 saturated carbocycles. The van der Waals surface area contributed by atoms with Gasteiger partial charge in [0.25, 0.3) is 19.5 Å². The lowest BCUT2D eigenvalue weighted by Gasteiger charge is -2.17. The van der Waals surface area contributed by atoms with Crippen molar-refractivity contribution in [1.82, 2.24) is 19.1 Å². The highest BCUT2D eigenvalue weighted by Crippen LogP contribution is 2.32. The van der Waals surface area contributed by atoms with Gasteiger partial charge in [-0.15, -0.1) is 0 Å². The van der Waals surface area contributed by atoms with E-state index in [1.807, 2.05) is 0 Å². The Bertz CT molecular complexity index is 1400. The highest BCUT2D eigenvalue weighted by atomic mass is 31.2. The molecule has 2 aromatic heterocycles. The van der Waals surface area contributed by atoms with Gasteiger partial charge in [0, 0.05) is 24.5 Å². The van der Waals surface area contributed by atoms with Gasteiger partial charge in [-0.25, -0.2) is 14.4 Å². The SMILES string of the molecule is CC1=C[C@@H](CO)O[C@H]1n1ccc(=O)[nH]c1=O.CC1=C[C@@H](OC(=O)P(O)O)O[C@H]1n1ccc(=O)[nH]c1=O. The average molecular weight is 526 g/mol. The molecule has 0 aliphatic carbocycles. The average Bonchev–Trinajstić information content (AvgIpc) is 3.36. The lowest BCUT2D eigenvalue weighted by Crippen LogP contribution is -2.32. The van der Waals surface area contributed by atoms with E-state index in [1.54, 1.807) is 19.9 Å². The molecule has 36 heavy (non-hydrogen) atoms. The van der Waals surface area contributed by atoms with Crippen molar-refractivity contribution in [2.45, 2.75) is 38.7 Å². The normalized spacial score (nSPS) is 23.1. The number of aliphatic hydroxyl groups excluding tert-OH is 1. The summed E-state index contributed by atoms with van der Waals surface area (Å²) >= 11 is 0. The maximum atomic E-state index is 11.6. The Kier molecular flexibility index (Phi) is 8.68. The van der Waals surface area contributed by atoms with Gasteiger partial charge in [0.1, 0.15) is 6.10 Å². The van der Waals surface area contributed by atoms with Gasteiger partial charge in [0.05, 0.1) is 6.61 Å². The first-order valence-corrected chi connectivity index (χ1v) is 11.5. The molecule has 4 atom stereocenters. The molecule has 4 rings (SSSR count). The molecule has 0 unspecified atom stereocenters. The summed E-state index contributed by atoms with van der Waals surface area (Å²) in [6.07, 6.45) is 2.87. The summed E-state index contributed by atoms with van der Waals surface area (Å²) in [7, 11) is -2.86. The Labute approximate surface area is 202 Å². The second-order valence-corrected chi connectivity index (χ2v) is 8.54. The molecule has 0 fully saturated rings. The lowest BCUT2D eigenvalue weighted by molar-refractivity contribution is -0.0999. The monoisotopic (exact) mass is 526 g/mol. The second-order valence-electron chi connectivity index (χ2n) is 7.60. The zero-order chi connectivity index (χ0) is 26.6. The zero-order valence-corrected chi connectivity index (χ0v) is 19.8. The van der Waals surface area contributed by atoms with Gasteiger partial charge in [-0.05, 0) is 31.1 Å². The summed E-state index contributed by atoms with van der Waals surface area (Å²) in [5, 5.41) is 8.95. The fraction of sp³-hybridized carbons (Fsp3) is 0.350. The third-order valence-corrected chi connectivity index (χ3v) is 5.39. The standard InChI is InChI=1S/C10H11N2O7P.C10H12N2O4/c1-5-4-7(19-10(15)20(16)17)18-8(5)12-3-2-6(13)11-9(12)14;1-6-4-7(5-13)16-9(6)12-3-2-8(14)11-10(12)15/h2-4,7-8,16-17H,1H3,(H,11,13,14);2-4,7,9,13H,5H2,1H3,(H,11,14,15)/t7-,8-;7-,9+/m10/s1. The number of carbonyl (C=O) groups is 1. The first-order valence-electron chi connectivity index (χ1n) is 10.3. The summed E-state index contributed by atoms with van der Waals surface area (Å²) in [5.74, 6) is 0. The Balaban J connectivity index is 0.000000205. The van der Waals surface area contributed by atoms with Crippen molar-refractivity contribution in [3.63, 3.8) is 0 Å². The summed E-state index contributed by atoms with van der Waals surface area (Å²) in [4.78, 5) is 77.6. The van der Waals surface area contributed by atoms with Crippen molar-refractivity contribution in [2.75, 3.05) is 6.61 Å². The molecule has 2 aliphatic rings. The zero-order valence-electron chi connectivity index (χ0n) is 18.9. The van der Waals surface area contributed by atoms with Crippen LogP contribution in [0.2, 0.25) is 0 Å². The topological polar surface area (TPSA) is 215 Å². The van der Waals surface area contributed by atoms with E-state index in [0.29, 0.717) is 5.57 Å². The molecule has 0 spiro atoms. The Morgan fingerprint density at radius 1 is 0.944 bits per heavy atom. The number of hydrogen-bond donors (Lipinski definition) is 5. The highest BCUT2D eigenvalue weighted by Gasteiger charge is 2.31. The first kappa shape index (κ1) is 27.1. The number of rotatable bonds is 5. The predicted molar refractivity (Wildman–Crippen MR) is 123 cm³/mol. The van der Waals surface area contributed by atoms with Gasteiger partial charge in [-0.3, -0.25) is 28.7 Å². The van der Waals surface area contributed by atoms with E-state index in [4.69, 9.17) is 24.4 Å². The van der Waals surface area contributed by atoms with Gasteiger partial charge in [0.2, 0.25) is 6.29 Å². The van der Waals surface area contributed by atoms with E-state index in [0.717, 1.165) is 16.2 Å². The molecule has 0 saturated heterocycles. The van der Waals surface area contributed by atoms with Crippen molar-refractivity contribution in [2.24, 2.45) is 0 Å². The number of aliphatic hydroxyl groups is 1. The van der Waals surface area contributed by atoms with E-state index < -0.39 is 61.4 Å². The van der Waals surface area contributed by atoms with E-state index in [2.05, 4.69) is 14.7 Å². The number of H-pyrrole nitrogens is 2. The van der Waals surface area contributed by atoms with Gasteiger partial charge < -0.3 is 29.1 Å². The molecule has 4 heterocycles. The van der Waals surface area contributed by atoms with E-state index in [1.165, 1.54) is 29.1 Å². The summed E-state index contributed by atoms with van der Waals surface area (Å²) in [5.41, 5.74) is -1.99. The molecular formula is C20H23N4O11P. The van der Waals surface area contributed by atoms with Crippen LogP contribution in [0.15, 0.2) is 67.0 Å². The van der Waals surface area contributed by atoms with Crippen molar-refractivity contribution < 1.29 is 33.9 Å². The van der Waals surface area contributed by atoms with Gasteiger partial charge in [-0.2, -0.15) is 0 Å². The quantitative estimate of drug-likeness (QED) is 0.239. The van der Waals surface area contributed by atoms with Crippen LogP contribution in [0.1, 0.15) is 26.3 Å². The minimum atomic E-state index is -2.86. The van der Waals surface area contributed by atoms with Crippen LogP contribution in [0.5, 0.6) is 0 Å². The van der Waals surface area contributed by atoms with Gasteiger partial charge in [-0.1, -0.05) is 6.08 Å². The number of aromatic amines is 2. The Morgan fingerprint density at radius 2 is 1.44 bits per heavy atom. The number of nitrogens with zero attached hydrogens (tertiary/aromatic N) is 2. The van der Waals surface area contributed by atoms with Crippen LogP contribution in [0.25, 0.3) is 0 Å². The molecule has 194 valence electrons. The lowest BCUT2D eigenvalue weighted by atomic mass is 10.2. The molecule has 0 aromatic carbocycles. The van der Waals surface area contributed by atoms with Crippen molar-refractivity contribution in [3.05, 3.63) is 89.5 Å². The Morgan fingerprint density at radius 3 is 1.89 bits per heavy atom. The van der Waals surface area contributed by atoms with Crippen LogP contribution in [0.3, 0.4) is 0 Å². The maximum absolute atomic E-state index is 11.6. The van der Waals surface area contributed by atoms with Crippen molar-refractivity contribution >= 4 is 14.1 Å². The molecule has 0 bridgehead atoms. The van der Waals surface area contributed by atoms with Crippen LogP contribution in [0, 0.1) is 0 Å². The minimum Gasteiger partial charge on any atom is -0.425 e. The van der Waals surface area contributed by atoms with Crippen LogP contribution in [-0.4, -0.2) is 58.7 Å².